The number of imide groups is 1. The second kappa shape index (κ2) is 6.37. The molecule has 0 spiro atoms. The number of ether oxygens (including phenoxy) is 1. The fourth-order valence-electron chi connectivity index (χ4n) is 2.80. The van der Waals surface area contributed by atoms with Crippen molar-refractivity contribution >= 4 is 23.5 Å². The van der Waals surface area contributed by atoms with Crippen molar-refractivity contribution < 1.29 is 18.7 Å². The van der Waals surface area contributed by atoms with Gasteiger partial charge in [0.25, 0.3) is 5.91 Å². The summed E-state index contributed by atoms with van der Waals surface area (Å²) in [5.74, 6) is -0.396. The summed E-state index contributed by atoms with van der Waals surface area (Å²) < 4.78 is 19.1. The van der Waals surface area contributed by atoms with Crippen LogP contribution in [-0.4, -0.2) is 23.9 Å². The normalized spacial score (nSPS) is 19.9. The molecular weight excluding hydrogens is 347 g/mol. The average molecular weight is 363 g/mol. The van der Waals surface area contributed by atoms with Gasteiger partial charge in [-0.05, 0) is 36.8 Å². The monoisotopic (exact) mass is 362 g/mol. The van der Waals surface area contributed by atoms with Crippen molar-refractivity contribution in [2.24, 2.45) is 0 Å². The summed E-state index contributed by atoms with van der Waals surface area (Å²) in [6.07, 6.45) is 0. The number of amides is 3. The SMILES string of the molecule is COc1ccc(C2(C)NC(=O)N(Cc3c(F)cccc3Cl)C2=O)cc1. The lowest BCUT2D eigenvalue weighted by atomic mass is 9.92. The van der Waals surface area contributed by atoms with E-state index in [2.05, 4.69) is 5.32 Å². The van der Waals surface area contributed by atoms with Gasteiger partial charge in [-0.3, -0.25) is 9.69 Å². The summed E-state index contributed by atoms with van der Waals surface area (Å²) in [5.41, 5.74) is -0.526. The van der Waals surface area contributed by atoms with E-state index in [1.807, 2.05) is 0 Å². The zero-order valence-corrected chi connectivity index (χ0v) is 14.4. The van der Waals surface area contributed by atoms with Gasteiger partial charge in [0.05, 0.1) is 13.7 Å². The lowest BCUT2D eigenvalue weighted by molar-refractivity contribution is -0.131. The van der Waals surface area contributed by atoms with E-state index in [1.165, 1.54) is 18.2 Å². The van der Waals surface area contributed by atoms with Gasteiger partial charge in [0.2, 0.25) is 0 Å². The Balaban J connectivity index is 1.91. The summed E-state index contributed by atoms with van der Waals surface area (Å²) in [7, 11) is 1.54. The molecule has 1 aliphatic rings. The maximum atomic E-state index is 14.0. The van der Waals surface area contributed by atoms with E-state index in [4.69, 9.17) is 16.3 Å². The Labute approximate surface area is 149 Å². The number of carbonyl (C=O) groups is 2. The quantitative estimate of drug-likeness (QED) is 0.847. The predicted octanol–water partition coefficient (Wildman–Crippen LogP) is 3.45. The molecule has 1 saturated heterocycles. The van der Waals surface area contributed by atoms with Crippen LogP contribution in [0.1, 0.15) is 18.1 Å². The number of benzene rings is 2. The Morgan fingerprint density at radius 3 is 2.48 bits per heavy atom. The van der Waals surface area contributed by atoms with E-state index in [0.717, 1.165) is 4.90 Å². The molecule has 0 bridgehead atoms. The number of nitrogens with zero attached hydrogens (tertiary/aromatic N) is 1. The van der Waals surface area contributed by atoms with Crippen molar-refractivity contribution in [2.45, 2.75) is 19.0 Å². The number of urea groups is 1. The van der Waals surface area contributed by atoms with Crippen LogP contribution < -0.4 is 10.1 Å². The zero-order valence-electron chi connectivity index (χ0n) is 13.7. The molecule has 3 amide bonds. The first-order valence-electron chi connectivity index (χ1n) is 7.58. The zero-order chi connectivity index (χ0) is 18.2. The van der Waals surface area contributed by atoms with Crippen LogP contribution in [0.4, 0.5) is 9.18 Å². The van der Waals surface area contributed by atoms with Gasteiger partial charge in [-0.15, -0.1) is 0 Å². The molecule has 0 aliphatic carbocycles. The molecule has 1 aliphatic heterocycles. The Bertz CT molecular complexity index is 820. The van der Waals surface area contributed by atoms with Gasteiger partial charge in [0.15, 0.2) is 0 Å². The third-order valence-corrected chi connectivity index (χ3v) is 4.67. The molecule has 0 saturated carbocycles. The largest absolute Gasteiger partial charge is 0.497 e. The first-order chi connectivity index (χ1) is 11.9. The van der Waals surface area contributed by atoms with Gasteiger partial charge in [0, 0.05) is 10.6 Å². The minimum Gasteiger partial charge on any atom is -0.497 e. The minimum atomic E-state index is -1.24. The molecule has 1 N–H and O–H groups in total. The molecule has 2 aromatic carbocycles. The fourth-order valence-corrected chi connectivity index (χ4v) is 3.02. The first-order valence-corrected chi connectivity index (χ1v) is 7.96. The molecule has 25 heavy (non-hydrogen) atoms. The molecule has 130 valence electrons. The van der Waals surface area contributed by atoms with Crippen LogP contribution in [-0.2, 0) is 16.9 Å². The van der Waals surface area contributed by atoms with E-state index in [0.29, 0.717) is 11.3 Å². The lowest BCUT2D eigenvalue weighted by Crippen LogP contribution is -2.40. The van der Waals surface area contributed by atoms with Crippen molar-refractivity contribution in [3.63, 3.8) is 0 Å². The topological polar surface area (TPSA) is 58.6 Å². The summed E-state index contributed by atoms with van der Waals surface area (Å²) in [6.45, 7) is 1.37. The maximum Gasteiger partial charge on any atom is 0.325 e. The van der Waals surface area contributed by atoms with Crippen LogP contribution in [0.2, 0.25) is 5.02 Å². The highest BCUT2D eigenvalue weighted by molar-refractivity contribution is 6.31. The summed E-state index contributed by atoms with van der Waals surface area (Å²) >= 11 is 6.00. The van der Waals surface area contributed by atoms with Crippen molar-refractivity contribution in [3.05, 3.63) is 64.4 Å². The van der Waals surface area contributed by atoms with E-state index < -0.39 is 23.3 Å². The van der Waals surface area contributed by atoms with Crippen molar-refractivity contribution in [1.29, 1.82) is 0 Å². The van der Waals surface area contributed by atoms with Crippen LogP contribution in [0.3, 0.4) is 0 Å². The average Bonchev–Trinajstić information content (AvgIpc) is 2.82. The third kappa shape index (κ3) is 2.93. The highest BCUT2D eigenvalue weighted by atomic mass is 35.5. The maximum absolute atomic E-state index is 14.0. The predicted molar refractivity (Wildman–Crippen MR) is 90.8 cm³/mol. The van der Waals surface area contributed by atoms with Crippen LogP contribution in [0.15, 0.2) is 42.5 Å². The van der Waals surface area contributed by atoms with Crippen molar-refractivity contribution in [1.82, 2.24) is 10.2 Å². The second-order valence-electron chi connectivity index (χ2n) is 5.88. The summed E-state index contributed by atoms with van der Waals surface area (Å²) in [6, 6.07) is 10.4. The Kier molecular flexibility index (Phi) is 4.39. The minimum absolute atomic E-state index is 0.103. The molecular formula is C18H16ClFN2O3. The van der Waals surface area contributed by atoms with Crippen LogP contribution >= 0.6 is 11.6 Å². The Morgan fingerprint density at radius 2 is 1.88 bits per heavy atom. The van der Waals surface area contributed by atoms with Gasteiger partial charge in [-0.1, -0.05) is 29.8 Å². The number of halogens is 2. The van der Waals surface area contributed by atoms with Crippen LogP contribution in [0, 0.1) is 5.82 Å². The smallest absolute Gasteiger partial charge is 0.325 e. The molecule has 1 fully saturated rings. The number of hydrogen-bond donors (Lipinski definition) is 1. The number of hydrogen-bond acceptors (Lipinski definition) is 3. The highest BCUT2D eigenvalue weighted by Crippen LogP contribution is 2.32. The highest BCUT2D eigenvalue weighted by Gasteiger charge is 2.49. The van der Waals surface area contributed by atoms with E-state index in [-0.39, 0.29) is 17.1 Å². The molecule has 1 heterocycles. The lowest BCUT2D eigenvalue weighted by Gasteiger charge is -2.22. The van der Waals surface area contributed by atoms with E-state index in [1.54, 1.807) is 38.3 Å². The van der Waals surface area contributed by atoms with Gasteiger partial charge < -0.3 is 10.1 Å². The standard InChI is InChI=1S/C18H16ClFN2O3/c1-18(11-6-8-12(25-2)9-7-11)16(23)22(17(24)21-18)10-13-14(19)4-3-5-15(13)20/h3-9H,10H2,1-2H3,(H,21,24). The molecule has 0 aromatic heterocycles. The van der Waals surface area contributed by atoms with Gasteiger partial charge in [-0.2, -0.15) is 0 Å². The molecule has 2 aromatic rings. The summed E-state index contributed by atoms with van der Waals surface area (Å²) in [4.78, 5) is 26.2. The molecule has 3 rings (SSSR count). The van der Waals surface area contributed by atoms with Gasteiger partial charge in [-0.25, -0.2) is 9.18 Å². The Hall–Kier alpha value is -2.60. The van der Waals surface area contributed by atoms with Gasteiger partial charge in [0.1, 0.15) is 17.1 Å². The van der Waals surface area contributed by atoms with E-state index >= 15 is 0 Å². The van der Waals surface area contributed by atoms with Crippen molar-refractivity contribution in [2.75, 3.05) is 7.11 Å². The molecule has 1 atom stereocenters. The molecule has 0 radical (unpaired) electrons. The molecule has 7 heteroatoms. The number of nitrogens with one attached hydrogen (secondary N) is 1. The van der Waals surface area contributed by atoms with Crippen LogP contribution in [0.25, 0.3) is 0 Å². The fraction of sp³-hybridized carbons (Fsp3) is 0.222. The number of carbonyl (C=O) groups excluding carboxylic acids is 2. The number of rotatable bonds is 4. The third-order valence-electron chi connectivity index (χ3n) is 4.32. The van der Waals surface area contributed by atoms with E-state index in [9.17, 15) is 14.0 Å². The van der Waals surface area contributed by atoms with Crippen LogP contribution in [0.5, 0.6) is 5.75 Å². The molecule has 1 unspecified atom stereocenters. The van der Waals surface area contributed by atoms with Gasteiger partial charge >= 0.3 is 6.03 Å². The molecule has 5 nitrogen and oxygen atoms in total. The Morgan fingerprint density at radius 1 is 1.20 bits per heavy atom. The summed E-state index contributed by atoms with van der Waals surface area (Å²) in [5, 5.41) is 2.84. The van der Waals surface area contributed by atoms with Crippen molar-refractivity contribution in [3.8, 4) is 5.75 Å². The first kappa shape index (κ1) is 17.2. The second-order valence-corrected chi connectivity index (χ2v) is 6.28. The number of methoxy groups -OCH3 is 1.